The molecule has 146 valence electrons. The number of hydrogen-bond donors (Lipinski definition) is 1. The Labute approximate surface area is 156 Å². The molecule has 2 aromatic heterocycles. The number of anilines is 1. The molecule has 0 bridgehead atoms. The predicted molar refractivity (Wildman–Crippen MR) is 102 cm³/mol. The number of imidazole rings is 1. The van der Waals surface area contributed by atoms with Gasteiger partial charge in [0.25, 0.3) is 5.56 Å². The summed E-state index contributed by atoms with van der Waals surface area (Å²) in [5.41, 5.74) is -0.539. The molecule has 0 unspecified atom stereocenters. The minimum Gasteiger partial charge on any atom is -0.342 e. The summed E-state index contributed by atoms with van der Waals surface area (Å²) in [6.45, 7) is 5.07. The molecule has 1 amide bonds. The number of aromatic amines is 1. The lowest BCUT2D eigenvalue weighted by molar-refractivity contribution is -0.145. The first-order valence-corrected chi connectivity index (χ1v) is 9.58. The van der Waals surface area contributed by atoms with Gasteiger partial charge in [0.15, 0.2) is 11.2 Å². The zero-order valence-corrected chi connectivity index (χ0v) is 16.1. The Balaban J connectivity index is 1.70. The number of aryl methyl sites for hydroxylation is 2. The summed E-state index contributed by atoms with van der Waals surface area (Å²) in [5, 5.41) is 0. The number of rotatable bonds is 3. The number of piperidine rings is 1. The zero-order chi connectivity index (χ0) is 19.3. The summed E-state index contributed by atoms with van der Waals surface area (Å²) in [6.07, 6.45) is 3.68. The summed E-state index contributed by atoms with van der Waals surface area (Å²) >= 11 is 0. The quantitative estimate of drug-likeness (QED) is 0.827. The average molecular weight is 374 g/mol. The van der Waals surface area contributed by atoms with Crippen molar-refractivity contribution in [3.63, 3.8) is 0 Å². The van der Waals surface area contributed by atoms with Gasteiger partial charge in [-0.1, -0.05) is 6.92 Å². The van der Waals surface area contributed by atoms with Crippen molar-refractivity contribution in [2.75, 3.05) is 31.1 Å². The van der Waals surface area contributed by atoms with Gasteiger partial charge in [0, 0.05) is 40.3 Å². The van der Waals surface area contributed by atoms with Crippen molar-refractivity contribution in [2.24, 2.45) is 19.5 Å². The molecule has 2 fully saturated rings. The molecule has 0 aromatic carbocycles. The largest absolute Gasteiger partial charge is 0.342 e. The first kappa shape index (κ1) is 17.8. The topological polar surface area (TPSA) is 96.2 Å². The summed E-state index contributed by atoms with van der Waals surface area (Å²) < 4.78 is 3.07. The third-order valence-corrected chi connectivity index (χ3v) is 6.07. The van der Waals surface area contributed by atoms with Crippen molar-refractivity contribution < 1.29 is 4.79 Å². The van der Waals surface area contributed by atoms with E-state index in [0.717, 1.165) is 38.8 Å². The molecule has 0 radical (unpaired) electrons. The van der Waals surface area contributed by atoms with Crippen molar-refractivity contribution in [1.29, 1.82) is 0 Å². The maximum atomic E-state index is 13.1. The Morgan fingerprint density at radius 3 is 2.63 bits per heavy atom. The second-order valence-electron chi connectivity index (χ2n) is 7.81. The van der Waals surface area contributed by atoms with Gasteiger partial charge in [-0.3, -0.25) is 19.1 Å². The third-order valence-electron chi connectivity index (χ3n) is 6.07. The van der Waals surface area contributed by atoms with Gasteiger partial charge in [0.05, 0.1) is 5.41 Å². The Hall–Kier alpha value is -2.58. The lowest BCUT2D eigenvalue weighted by atomic mass is 9.78. The molecule has 4 rings (SSSR count). The molecule has 2 aliphatic rings. The van der Waals surface area contributed by atoms with Crippen LogP contribution in [0.15, 0.2) is 9.59 Å². The highest BCUT2D eigenvalue weighted by atomic mass is 16.2. The molecule has 2 saturated heterocycles. The van der Waals surface area contributed by atoms with Crippen LogP contribution in [0.1, 0.15) is 32.6 Å². The van der Waals surface area contributed by atoms with E-state index in [1.165, 1.54) is 4.57 Å². The highest BCUT2D eigenvalue weighted by Crippen LogP contribution is 2.41. The van der Waals surface area contributed by atoms with E-state index in [9.17, 15) is 14.4 Å². The highest BCUT2D eigenvalue weighted by molar-refractivity contribution is 5.85. The molecule has 9 heteroatoms. The van der Waals surface area contributed by atoms with Gasteiger partial charge < -0.3 is 14.4 Å². The van der Waals surface area contributed by atoms with Gasteiger partial charge in [-0.2, -0.15) is 4.98 Å². The Morgan fingerprint density at radius 2 is 1.89 bits per heavy atom. The van der Waals surface area contributed by atoms with Crippen LogP contribution in [-0.4, -0.2) is 56.1 Å². The van der Waals surface area contributed by atoms with Gasteiger partial charge >= 0.3 is 5.69 Å². The van der Waals surface area contributed by atoms with Crippen molar-refractivity contribution in [3.05, 3.63) is 20.8 Å². The van der Waals surface area contributed by atoms with Crippen LogP contribution < -0.4 is 16.1 Å². The third kappa shape index (κ3) is 2.59. The van der Waals surface area contributed by atoms with Crippen LogP contribution in [0, 0.1) is 5.41 Å². The first-order chi connectivity index (χ1) is 12.9. The van der Waals surface area contributed by atoms with Crippen LogP contribution in [0.25, 0.3) is 11.2 Å². The van der Waals surface area contributed by atoms with Gasteiger partial charge in [0.1, 0.15) is 0 Å². The van der Waals surface area contributed by atoms with Crippen molar-refractivity contribution in [3.8, 4) is 0 Å². The smallest absolute Gasteiger partial charge is 0.329 e. The van der Waals surface area contributed by atoms with Gasteiger partial charge in [-0.05, 0) is 25.7 Å². The van der Waals surface area contributed by atoms with Crippen molar-refractivity contribution in [2.45, 2.75) is 32.6 Å². The van der Waals surface area contributed by atoms with Crippen LogP contribution >= 0.6 is 0 Å². The van der Waals surface area contributed by atoms with Crippen LogP contribution in [0.5, 0.6) is 0 Å². The van der Waals surface area contributed by atoms with E-state index in [-0.39, 0.29) is 11.3 Å². The van der Waals surface area contributed by atoms with Crippen LogP contribution in [-0.2, 0) is 18.9 Å². The van der Waals surface area contributed by atoms with Crippen LogP contribution in [0.4, 0.5) is 5.95 Å². The lowest BCUT2D eigenvalue weighted by Crippen LogP contribution is -2.50. The number of nitrogens with zero attached hydrogens (tertiary/aromatic N) is 5. The fourth-order valence-electron chi connectivity index (χ4n) is 4.64. The number of nitrogens with one attached hydrogen (secondary N) is 1. The zero-order valence-electron chi connectivity index (χ0n) is 16.1. The number of hydrogen-bond acceptors (Lipinski definition) is 5. The Morgan fingerprint density at radius 1 is 1.11 bits per heavy atom. The maximum Gasteiger partial charge on any atom is 0.329 e. The molecule has 0 aliphatic carbocycles. The number of carbonyl (C=O) groups is 1. The monoisotopic (exact) mass is 374 g/mol. The standard InChI is InChI=1S/C18H26N6O3/c1-4-8-23-9-5-6-18(15(23)26)7-10-24(11-18)16-19-13-12(21(16)2)14(25)20-17(27)22(13)3/h4-11H2,1-3H3,(H,20,25,27)/t18-/m1/s1. The van der Waals surface area contributed by atoms with E-state index in [1.54, 1.807) is 18.7 Å². The van der Waals surface area contributed by atoms with Crippen LogP contribution in [0.3, 0.4) is 0 Å². The number of likely N-dealkylation sites (tertiary alicyclic amines) is 1. The summed E-state index contributed by atoms with van der Waals surface area (Å²) in [7, 11) is 3.37. The van der Waals surface area contributed by atoms with E-state index >= 15 is 0 Å². The minimum absolute atomic E-state index is 0.252. The Kier molecular flexibility index (Phi) is 4.12. The van der Waals surface area contributed by atoms with Gasteiger partial charge in [0.2, 0.25) is 11.9 Å². The summed E-state index contributed by atoms with van der Waals surface area (Å²) in [5.74, 6) is 0.885. The molecule has 1 N–H and O–H groups in total. The fourth-order valence-corrected chi connectivity index (χ4v) is 4.64. The molecular formula is C18H26N6O3. The summed E-state index contributed by atoms with van der Waals surface area (Å²) in [6, 6.07) is 0. The second kappa shape index (κ2) is 6.24. The van der Waals surface area contributed by atoms with E-state index in [4.69, 9.17) is 0 Å². The van der Waals surface area contributed by atoms with Crippen LogP contribution in [0.2, 0.25) is 0 Å². The van der Waals surface area contributed by atoms with Crippen molar-refractivity contribution >= 4 is 23.0 Å². The molecule has 2 aliphatic heterocycles. The molecule has 0 saturated carbocycles. The molecule has 1 spiro atoms. The fraction of sp³-hybridized carbons (Fsp3) is 0.667. The Bertz CT molecular complexity index is 1020. The molecule has 4 heterocycles. The van der Waals surface area contributed by atoms with E-state index < -0.39 is 11.2 Å². The molecule has 9 nitrogen and oxygen atoms in total. The lowest BCUT2D eigenvalue weighted by Gasteiger charge is -2.39. The van der Waals surface area contributed by atoms with Crippen molar-refractivity contribution in [1.82, 2.24) is 24.0 Å². The molecular weight excluding hydrogens is 348 g/mol. The minimum atomic E-state index is -0.479. The number of carbonyl (C=O) groups excluding carboxylic acids is 1. The highest BCUT2D eigenvalue weighted by Gasteiger charge is 2.49. The SMILES string of the molecule is CCCN1CCC[C@]2(CCN(c3nc4c(c(=O)[nH]c(=O)n4C)n3C)C2)C1=O. The number of amides is 1. The van der Waals surface area contributed by atoms with Gasteiger partial charge in [-0.15, -0.1) is 0 Å². The predicted octanol–water partition coefficient (Wildman–Crippen LogP) is 0.189. The number of aromatic nitrogens is 4. The average Bonchev–Trinajstić information content (AvgIpc) is 3.20. The number of H-pyrrole nitrogens is 1. The van der Waals surface area contributed by atoms with Gasteiger partial charge in [-0.25, -0.2) is 4.79 Å². The van der Waals surface area contributed by atoms with E-state index in [0.29, 0.717) is 30.2 Å². The number of fused-ring (bicyclic) bond motifs is 1. The molecule has 1 atom stereocenters. The second-order valence-corrected chi connectivity index (χ2v) is 7.81. The van der Waals surface area contributed by atoms with E-state index in [1.807, 2.05) is 4.90 Å². The maximum absolute atomic E-state index is 13.1. The molecule has 2 aromatic rings. The first-order valence-electron chi connectivity index (χ1n) is 9.58. The molecule has 27 heavy (non-hydrogen) atoms. The summed E-state index contributed by atoms with van der Waals surface area (Å²) in [4.78, 5) is 48.2. The normalized spacial score (nSPS) is 23.1. The van der Waals surface area contributed by atoms with E-state index in [2.05, 4.69) is 21.8 Å².